The summed E-state index contributed by atoms with van der Waals surface area (Å²) in [5.41, 5.74) is -2.43. The van der Waals surface area contributed by atoms with Crippen molar-refractivity contribution in [2.45, 2.75) is 30.9 Å². The first-order valence-corrected chi connectivity index (χ1v) is 13.1. The number of pyridine rings is 1. The van der Waals surface area contributed by atoms with Crippen LogP contribution in [0.1, 0.15) is 40.9 Å². The molecule has 35 heavy (non-hydrogen) atoms. The highest BCUT2D eigenvalue weighted by atomic mass is 35.5. The lowest BCUT2D eigenvalue weighted by Crippen LogP contribution is -2.51. The van der Waals surface area contributed by atoms with Crippen LogP contribution in [-0.2, 0) is 21.6 Å². The molecule has 1 amide bonds. The van der Waals surface area contributed by atoms with Gasteiger partial charge in [0.1, 0.15) is 0 Å². The molecule has 1 saturated heterocycles. The maximum absolute atomic E-state index is 13.8. The third kappa shape index (κ3) is 6.44. The molecular formula is C22H23Cl2F4N3O3S. The van der Waals surface area contributed by atoms with Gasteiger partial charge in [-0.1, -0.05) is 23.2 Å². The molecular weight excluding hydrogens is 533 g/mol. The molecule has 0 unspecified atom stereocenters. The Kier molecular flexibility index (Phi) is 8.67. The molecule has 1 fully saturated rings. The number of hydrogen-bond acceptors (Lipinski definition) is 4. The summed E-state index contributed by atoms with van der Waals surface area (Å²) >= 11 is 11.9. The van der Waals surface area contributed by atoms with Gasteiger partial charge in [0.2, 0.25) is 10.0 Å². The molecule has 1 aromatic heterocycles. The van der Waals surface area contributed by atoms with E-state index in [0.717, 1.165) is 10.4 Å². The van der Waals surface area contributed by atoms with Gasteiger partial charge in [-0.15, -0.1) is 0 Å². The lowest BCUT2D eigenvalue weighted by atomic mass is 9.74. The van der Waals surface area contributed by atoms with Crippen molar-refractivity contribution in [1.29, 1.82) is 0 Å². The highest BCUT2D eigenvalue weighted by Crippen LogP contribution is 2.42. The van der Waals surface area contributed by atoms with Crippen LogP contribution < -0.4 is 5.32 Å². The van der Waals surface area contributed by atoms with Crippen LogP contribution in [0.2, 0.25) is 10.0 Å². The highest BCUT2D eigenvalue weighted by Gasteiger charge is 2.46. The number of nitrogens with zero attached hydrogens (tertiary/aromatic N) is 2. The zero-order valence-corrected chi connectivity index (χ0v) is 20.7. The molecule has 1 aromatic carbocycles. The van der Waals surface area contributed by atoms with Gasteiger partial charge in [-0.2, -0.15) is 13.2 Å². The van der Waals surface area contributed by atoms with Crippen LogP contribution in [0, 0.1) is 0 Å². The van der Waals surface area contributed by atoms with Gasteiger partial charge in [0, 0.05) is 36.3 Å². The lowest BCUT2D eigenvalue weighted by Gasteiger charge is -2.42. The van der Waals surface area contributed by atoms with Gasteiger partial charge < -0.3 is 5.32 Å². The standard InChI is InChI=1S/C22H23Cl2F4N3O3S/c23-15-4-5-16(18(24)13-15)20(32)30-14-21(19-17(22(26,27)28)3-1-9-29-19)6-10-31(11-7-21)35(33,34)12-2-8-25/h1,3-5,9,13H,2,6-8,10-12,14H2,(H,30,32). The van der Waals surface area contributed by atoms with Gasteiger partial charge in [0.25, 0.3) is 5.91 Å². The summed E-state index contributed by atoms with van der Waals surface area (Å²) in [4.78, 5) is 16.8. The Balaban J connectivity index is 1.92. The van der Waals surface area contributed by atoms with Crippen molar-refractivity contribution >= 4 is 39.1 Å². The number of carbonyl (C=O) groups excluding carboxylic acids is 1. The van der Waals surface area contributed by atoms with Crippen molar-refractivity contribution in [3.05, 3.63) is 63.4 Å². The summed E-state index contributed by atoms with van der Waals surface area (Å²) < 4.78 is 80.2. The number of piperidine rings is 1. The van der Waals surface area contributed by atoms with Crippen molar-refractivity contribution in [2.75, 3.05) is 32.1 Å². The van der Waals surface area contributed by atoms with Crippen LogP contribution in [0.15, 0.2) is 36.5 Å². The van der Waals surface area contributed by atoms with E-state index in [1.165, 1.54) is 30.5 Å². The third-order valence-electron chi connectivity index (χ3n) is 5.99. The molecule has 0 spiro atoms. The molecule has 0 aliphatic carbocycles. The molecule has 2 aromatic rings. The van der Waals surface area contributed by atoms with E-state index in [1.807, 2.05) is 0 Å². The fourth-order valence-corrected chi connectivity index (χ4v) is 6.10. The molecule has 1 N–H and O–H groups in total. The van der Waals surface area contributed by atoms with Crippen molar-refractivity contribution in [2.24, 2.45) is 0 Å². The Morgan fingerprint density at radius 3 is 2.46 bits per heavy atom. The monoisotopic (exact) mass is 555 g/mol. The minimum atomic E-state index is -4.70. The van der Waals surface area contributed by atoms with Crippen molar-refractivity contribution in [3.63, 3.8) is 0 Å². The van der Waals surface area contributed by atoms with Gasteiger partial charge in [-0.3, -0.25) is 14.2 Å². The molecule has 13 heteroatoms. The topological polar surface area (TPSA) is 79.4 Å². The predicted octanol–water partition coefficient (Wildman–Crippen LogP) is 4.86. The number of halogens is 6. The minimum absolute atomic E-state index is 0.0312. The highest BCUT2D eigenvalue weighted by molar-refractivity contribution is 7.89. The Bertz CT molecular complexity index is 1170. The van der Waals surface area contributed by atoms with Gasteiger partial charge in [-0.05, 0) is 49.6 Å². The van der Waals surface area contributed by atoms with Crippen LogP contribution >= 0.6 is 23.2 Å². The number of alkyl halides is 4. The fourth-order valence-electron chi connectivity index (χ4n) is 4.13. The summed E-state index contributed by atoms with van der Waals surface area (Å²) in [5.74, 6) is -1.01. The molecule has 1 aliphatic rings. The maximum atomic E-state index is 13.8. The van der Waals surface area contributed by atoms with E-state index < -0.39 is 39.8 Å². The Morgan fingerprint density at radius 2 is 1.86 bits per heavy atom. The van der Waals surface area contributed by atoms with E-state index in [1.54, 1.807) is 0 Å². The van der Waals surface area contributed by atoms with Crippen LogP contribution in [0.3, 0.4) is 0 Å². The van der Waals surface area contributed by atoms with Crippen LogP contribution in [0.4, 0.5) is 17.6 Å². The summed E-state index contributed by atoms with van der Waals surface area (Å²) in [6.07, 6.45) is -3.70. The van der Waals surface area contributed by atoms with Crippen molar-refractivity contribution < 1.29 is 30.8 Å². The second-order valence-electron chi connectivity index (χ2n) is 8.24. The zero-order valence-electron chi connectivity index (χ0n) is 18.4. The minimum Gasteiger partial charge on any atom is -0.351 e. The molecule has 0 saturated carbocycles. The van der Waals surface area contributed by atoms with Crippen LogP contribution in [-0.4, -0.2) is 55.7 Å². The summed E-state index contributed by atoms with van der Waals surface area (Å²) in [6, 6.07) is 6.30. The summed E-state index contributed by atoms with van der Waals surface area (Å²) in [7, 11) is -3.77. The molecule has 0 atom stereocenters. The van der Waals surface area contributed by atoms with E-state index in [4.69, 9.17) is 23.2 Å². The van der Waals surface area contributed by atoms with Gasteiger partial charge in [0.05, 0.1) is 34.3 Å². The lowest BCUT2D eigenvalue weighted by molar-refractivity contribution is -0.139. The third-order valence-corrected chi connectivity index (χ3v) is 8.49. The Hall–Kier alpha value is -1.95. The maximum Gasteiger partial charge on any atom is 0.418 e. The molecule has 2 heterocycles. The van der Waals surface area contributed by atoms with Crippen molar-refractivity contribution in [3.8, 4) is 0 Å². The molecule has 0 bridgehead atoms. The van der Waals surface area contributed by atoms with Gasteiger partial charge in [0.15, 0.2) is 0 Å². The molecule has 192 valence electrons. The average Bonchev–Trinajstić information content (AvgIpc) is 2.81. The van der Waals surface area contributed by atoms with Gasteiger partial charge in [-0.25, -0.2) is 12.7 Å². The largest absolute Gasteiger partial charge is 0.418 e. The molecule has 0 radical (unpaired) electrons. The number of carbonyl (C=O) groups is 1. The number of aromatic nitrogens is 1. The second kappa shape index (κ2) is 11.0. The number of benzene rings is 1. The predicted molar refractivity (Wildman–Crippen MR) is 125 cm³/mol. The quantitative estimate of drug-likeness (QED) is 0.472. The Labute approximate surface area is 210 Å². The van der Waals surface area contributed by atoms with E-state index in [9.17, 15) is 30.8 Å². The number of amides is 1. The normalized spacial score (nSPS) is 16.7. The first kappa shape index (κ1) is 27.6. The SMILES string of the molecule is O=C(NCC1(c2ncccc2C(F)(F)F)CCN(S(=O)(=O)CCCF)CC1)c1ccc(Cl)cc1Cl. The second-order valence-corrected chi connectivity index (χ2v) is 11.2. The number of rotatable bonds is 8. The summed E-state index contributed by atoms with van der Waals surface area (Å²) in [6.45, 7) is -1.22. The molecule has 3 rings (SSSR count). The molecule has 1 aliphatic heterocycles. The number of hydrogen-bond donors (Lipinski definition) is 1. The fraction of sp³-hybridized carbons (Fsp3) is 0.455. The Morgan fingerprint density at radius 1 is 1.17 bits per heavy atom. The van der Waals surface area contributed by atoms with E-state index in [2.05, 4.69) is 10.3 Å². The van der Waals surface area contributed by atoms with E-state index in [0.29, 0.717) is 5.02 Å². The summed E-state index contributed by atoms with van der Waals surface area (Å²) in [5, 5.41) is 3.03. The van der Waals surface area contributed by atoms with Gasteiger partial charge >= 0.3 is 6.18 Å². The van der Waals surface area contributed by atoms with Crippen molar-refractivity contribution in [1.82, 2.24) is 14.6 Å². The smallest absolute Gasteiger partial charge is 0.351 e. The van der Waals surface area contributed by atoms with Crippen LogP contribution in [0.5, 0.6) is 0 Å². The molecule has 6 nitrogen and oxygen atoms in total. The number of sulfonamides is 1. The average molecular weight is 556 g/mol. The first-order valence-electron chi connectivity index (χ1n) is 10.7. The van der Waals surface area contributed by atoms with E-state index >= 15 is 0 Å². The first-order chi connectivity index (χ1) is 16.4. The number of nitrogens with one attached hydrogen (secondary N) is 1. The van der Waals surface area contributed by atoms with E-state index in [-0.39, 0.29) is 60.9 Å². The zero-order chi connectivity index (χ0) is 25.9. The van der Waals surface area contributed by atoms with Crippen LogP contribution in [0.25, 0.3) is 0 Å².